The van der Waals surface area contributed by atoms with Crippen molar-refractivity contribution in [2.75, 3.05) is 12.3 Å². The maximum absolute atomic E-state index is 13.0. The topological polar surface area (TPSA) is 273 Å². The molecular weight excluding hydrogens is 522 g/mol. The van der Waals surface area contributed by atoms with Gasteiger partial charge < -0.3 is 48.5 Å². The van der Waals surface area contributed by atoms with Crippen molar-refractivity contribution >= 4 is 48.2 Å². The van der Waals surface area contributed by atoms with Gasteiger partial charge in [-0.05, 0) is 30.5 Å². The number of amides is 3. The summed E-state index contributed by atoms with van der Waals surface area (Å²) in [7, 11) is 0. The number of carbonyl (C=O) groups excluding carboxylic acids is 3. The maximum Gasteiger partial charge on any atom is 0.326 e. The van der Waals surface area contributed by atoms with E-state index in [9.17, 15) is 39.3 Å². The van der Waals surface area contributed by atoms with E-state index in [0.717, 1.165) is 0 Å². The summed E-state index contributed by atoms with van der Waals surface area (Å²) in [6, 6.07) is 0.278. The average Bonchev–Trinajstić information content (AvgIpc) is 2.84. The highest BCUT2D eigenvalue weighted by molar-refractivity contribution is 7.80. The second kappa shape index (κ2) is 15.9. The summed E-state index contributed by atoms with van der Waals surface area (Å²) in [5, 5.41) is 35.1. The summed E-state index contributed by atoms with van der Waals surface area (Å²) in [5.74, 6) is -5.74. The highest BCUT2D eigenvalue weighted by atomic mass is 32.1. The number of benzene rings is 1. The number of nitrogens with one attached hydrogen (secondary N) is 3. The Hall–Kier alpha value is -4.05. The Bertz CT molecular complexity index is 1020. The molecular formula is C22H33N7O8S. The molecule has 38 heavy (non-hydrogen) atoms. The summed E-state index contributed by atoms with van der Waals surface area (Å²) in [5.41, 5.74) is 16.7. The number of carboxylic acid groups (broad SMARTS) is 2. The van der Waals surface area contributed by atoms with Crippen molar-refractivity contribution in [1.29, 1.82) is 0 Å². The fourth-order valence-corrected chi connectivity index (χ4v) is 3.30. The Kier molecular flexibility index (Phi) is 13.4. The van der Waals surface area contributed by atoms with Crippen molar-refractivity contribution in [3.05, 3.63) is 29.8 Å². The van der Waals surface area contributed by atoms with E-state index in [1.165, 1.54) is 24.3 Å². The van der Waals surface area contributed by atoms with Gasteiger partial charge in [0.05, 0.1) is 12.5 Å². The molecule has 0 heterocycles. The zero-order valence-electron chi connectivity index (χ0n) is 20.4. The van der Waals surface area contributed by atoms with Crippen molar-refractivity contribution in [2.24, 2.45) is 22.2 Å². The molecule has 0 aliphatic heterocycles. The van der Waals surface area contributed by atoms with Crippen LogP contribution in [-0.2, 0) is 30.4 Å². The number of nitrogens with two attached hydrogens (primary N) is 3. The molecule has 4 atom stereocenters. The number of hydrogen-bond acceptors (Lipinski definition) is 9. The van der Waals surface area contributed by atoms with Crippen LogP contribution in [-0.4, -0.2) is 87.4 Å². The number of thiol groups is 1. The van der Waals surface area contributed by atoms with Crippen molar-refractivity contribution in [1.82, 2.24) is 16.0 Å². The number of phenols is 1. The van der Waals surface area contributed by atoms with Crippen LogP contribution < -0.4 is 33.2 Å². The normalized spacial score (nSPS) is 13.7. The Balaban J connectivity index is 3.08. The minimum Gasteiger partial charge on any atom is -0.508 e. The molecule has 0 aliphatic carbocycles. The predicted molar refractivity (Wildman–Crippen MR) is 139 cm³/mol. The van der Waals surface area contributed by atoms with Crippen molar-refractivity contribution in [2.45, 2.75) is 49.9 Å². The monoisotopic (exact) mass is 555 g/mol. The Morgan fingerprint density at radius 2 is 1.45 bits per heavy atom. The number of rotatable bonds is 16. The van der Waals surface area contributed by atoms with Crippen LogP contribution >= 0.6 is 12.6 Å². The van der Waals surface area contributed by atoms with Gasteiger partial charge in [0.25, 0.3) is 0 Å². The van der Waals surface area contributed by atoms with E-state index in [4.69, 9.17) is 17.2 Å². The molecule has 0 fully saturated rings. The first kappa shape index (κ1) is 32.0. The van der Waals surface area contributed by atoms with Crippen LogP contribution in [0.1, 0.15) is 24.8 Å². The average molecular weight is 556 g/mol. The first-order valence-corrected chi connectivity index (χ1v) is 12.0. The first-order valence-electron chi connectivity index (χ1n) is 11.4. The maximum atomic E-state index is 13.0. The summed E-state index contributed by atoms with van der Waals surface area (Å²) in [6.45, 7) is 0.0872. The van der Waals surface area contributed by atoms with E-state index in [1.807, 2.05) is 0 Å². The number of hydrogen-bond donors (Lipinski definition) is 10. The van der Waals surface area contributed by atoms with Gasteiger partial charge in [0.15, 0.2) is 5.96 Å². The van der Waals surface area contributed by atoms with Gasteiger partial charge in [-0.15, -0.1) is 0 Å². The molecule has 0 saturated carbocycles. The fraction of sp³-hybridized carbons (Fsp3) is 0.455. The van der Waals surface area contributed by atoms with Gasteiger partial charge in [-0.25, -0.2) is 4.79 Å². The van der Waals surface area contributed by atoms with Gasteiger partial charge in [0.1, 0.15) is 23.9 Å². The van der Waals surface area contributed by atoms with Crippen molar-refractivity contribution in [3.8, 4) is 5.75 Å². The number of carbonyl (C=O) groups is 5. The third-order valence-corrected chi connectivity index (χ3v) is 5.51. The molecule has 0 aliphatic rings. The van der Waals surface area contributed by atoms with Crippen LogP contribution in [0.5, 0.6) is 5.75 Å². The predicted octanol–water partition coefficient (Wildman–Crippen LogP) is -2.74. The molecule has 0 saturated heterocycles. The minimum absolute atomic E-state index is 0.0217. The molecule has 0 aromatic heterocycles. The molecule has 12 N–H and O–H groups in total. The molecule has 15 nitrogen and oxygen atoms in total. The van der Waals surface area contributed by atoms with Gasteiger partial charge >= 0.3 is 11.9 Å². The van der Waals surface area contributed by atoms with Crippen LogP contribution in [0.3, 0.4) is 0 Å². The lowest BCUT2D eigenvalue weighted by Crippen LogP contribution is -2.57. The highest BCUT2D eigenvalue weighted by Crippen LogP contribution is 2.12. The van der Waals surface area contributed by atoms with Crippen LogP contribution in [0.4, 0.5) is 0 Å². The van der Waals surface area contributed by atoms with Gasteiger partial charge in [-0.2, -0.15) is 12.6 Å². The first-order chi connectivity index (χ1) is 17.8. The molecule has 4 unspecified atom stereocenters. The highest BCUT2D eigenvalue weighted by Gasteiger charge is 2.31. The Morgan fingerprint density at radius 1 is 0.895 bits per heavy atom. The number of guanidine groups is 1. The van der Waals surface area contributed by atoms with Crippen LogP contribution in [0.25, 0.3) is 0 Å². The number of aromatic hydroxyl groups is 1. The zero-order chi connectivity index (χ0) is 28.8. The lowest BCUT2D eigenvalue weighted by molar-refractivity contribution is -0.143. The van der Waals surface area contributed by atoms with Crippen molar-refractivity contribution < 1.29 is 39.3 Å². The largest absolute Gasteiger partial charge is 0.508 e. The van der Waals surface area contributed by atoms with Gasteiger partial charge in [0.2, 0.25) is 17.7 Å². The molecule has 1 aromatic carbocycles. The fourth-order valence-electron chi connectivity index (χ4n) is 3.13. The lowest BCUT2D eigenvalue weighted by Gasteiger charge is -2.24. The lowest BCUT2D eigenvalue weighted by atomic mass is 10.0. The summed E-state index contributed by atoms with van der Waals surface area (Å²) >= 11 is 3.89. The van der Waals surface area contributed by atoms with E-state index in [1.54, 1.807) is 0 Å². The quantitative estimate of drug-likeness (QED) is 0.0432. The Labute approximate surface area is 223 Å². The molecule has 0 radical (unpaired) electrons. The Morgan fingerprint density at radius 3 is 1.97 bits per heavy atom. The van der Waals surface area contributed by atoms with E-state index < -0.39 is 60.2 Å². The van der Waals surface area contributed by atoms with Gasteiger partial charge in [0, 0.05) is 18.7 Å². The van der Waals surface area contributed by atoms with Gasteiger partial charge in [-0.1, -0.05) is 12.1 Å². The minimum atomic E-state index is -1.58. The number of carboxylic acids is 2. The van der Waals surface area contributed by atoms with E-state index in [2.05, 4.69) is 33.6 Å². The van der Waals surface area contributed by atoms with Crippen LogP contribution in [0.15, 0.2) is 29.3 Å². The molecule has 210 valence electrons. The van der Waals surface area contributed by atoms with Crippen LogP contribution in [0, 0.1) is 0 Å². The summed E-state index contributed by atoms with van der Waals surface area (Å²) < 4.78 is 0. The number of aliphatic imine (C=N–C) groups is 1. The molecule has 0 spiro atoms. The third-order valence-electron chi connectivity index (χ3n) is 5.11. The third kappa shape index (κ3) is 11.8. The van der Waals surface area contributed by atoms with Crippen LogP contribution in [0.2, 0.25) is 0 Å². The van der Waals surface area contributed by atoms with E-state index in [0.29, 0.717) is 5.56 Å². The zero-order valence-corrected chi connectivity index (χ0v) is 21.3. The summed E-state index contributed by atoms with van der Waals surface area (Å²) in [6.07, 6.45) is -0.802. The second-order valence-electron chi connectivity index (χ2n) is 8.23. The molecule has 3 amide bonds. The van der Waals surface area contributed by atoms with E-state index in [-0.39, 0.29) is 43.3 Å². The smallest absolute Gasteiger partial charge is 0.326 e. The van der Waals surface area contributed by atoms with Crippen molar-refractivity contribution in [3.63, 3.8) is 0 Å². The number of nitrogens with zero attached hydrogens (tertiary/aromatic N) is 1. The standard InChI is InChI=1S/C22H33N7O8S/c23-13(10-38)18(33)28-15(9-17(31)32)20(35)27-14(2-1-7-26-22(24)25)19(34)29-16(21(36)37)8-11-3-5-12(30)6-4-11/h3-6,13-16,30,38H,1-2,7-10,23H2,(H,27,35)(H,28,33)(H,29,34)(H,31,32)(H,36,37)(H4,24,25,26). The molecule has 0 bridgehead atoms. The number of aliphatic carboxylic acids is 2. The molecule has 1 aromatic rings. The van der Waals surface area contributed by atoms with E-state index >= 15 is 0 Å². The molecule has 1 rings (SSSR count). The second-order valence-corrected chi connectivity index (χ2v) is 8.59. The number of phenolic OH excluding ortho intramolecular Hbond substituents is 1. The summed E-state index contributed by atoms with van der Waals surface area (Å²) in [4.78, 5) is 64.9. The van der Waals surface area contributed by atoms with Gasteiger partial charge in [-0.3, -0.25) is 24.2 Å². The SMILES string of the molecule is NC(N)=NCCCC(NC(=O)C(CC(=O)O)NC(=O)C(N)CS)C(=O)NC(Cc1ccc(O)cc1)C(=O)O. The molecule has 16 heteroatoms.